The van der Waals surface area contributed by atoms with E-state index in [0.29, 0.717) is 29.4 Å². The molecule has 1 aromatic carbocycles. The molecule has 1 heterocycles. The number of anilines is 1. The fraction of sp³-hybridized carbons (Fsp3) is 0.267. The maximum atomic E-state index is 11.2. The lowest BCUT2D eigenvalue weighted by molar-refractivity contribution is 0.0697. The van der Waals surface area contributed by atoms with Crippen molar-refractivity contribution in [3.8, 4) is 22.9 Å². The van der Waals surface area contributed by atoms with Gasteiger partial charge in [0.15, 0.2) is 5.82 Å². The third kappa shape index (κ3) is 3.08. The van der Waals surface area contributed by atoms with Gasteiger partial charge in [0.1, 0.15) is 22.9 Å². The van der Waals surface area contributed by atoms with Gasteiger partial charge in [-0.2, -0.15) is 0 Å². The van der Waals surface area contributed by atoms with E-state index in [4.69, 9.17) is 14.6 Å². The van der Waals surface area contributed by atoms with Gasteiger partial charge in [0.2, 0.25) is 0 Å². The number of ether oxygens (including phenoxy) is 2. The van der Waals surface area contributed by atoms with Crippen LogP contribution in [0.2, 0.25) is 0 Å². The zero-order valence-corrected chi connectivity index (χ0v) is 12.6. The lowest BCUT2D eigenvalue weighted by Crippen LogP contribution is -2.09. The molecule has 0 unspecified atom stereocenters. The quantitative estimate of drug-likeness (QED) is 0.845. The standard InChI is InChI=1S/C15H17N3O4/c1-4-16-14-11(15(19)20)8-17-13(18-14)10-6-5-9(21-2)7-12(10)22-3/h5-8H,4H2,1-3H3,(H,19,20)(H,16,17,18). The summed E-state index contributed by atoms with van der Waals surface area (Å²) in [5.41, 5.74) is 0.678. The third-order valence-electron chi connectivity index (χ3n) is 3.01. The largest absolute Gasteiger partial charge is 0.497 e. The molecular weight excluding hydrogens is 286 g/mol. The molecule has 22 heavy (non-hydrogen) atoms. The van der Waals surface area contributed by atoms with Crippen LogP contribution in [0.3, 0.4) is 0 Å². The number of aromatic carboxylic acids is 1. The monoisotopic (exact) mass is 303 g/mol. The number of methoxy groups -OCH3 is 2. The molecule has 0 aliphatic rings. The molecule has 2 N–H and O–H groups in total. The molecule has 1 aromatic heterocycles. The summed E-state index contributed by atoms with van der Waals surface area (Å²) in [7, 11) is 3.10. The van der Waals surface area contributed by atoms with Crippen LogP contribution >= 0.6 is 0 Å². The Morgan fingerprint density at radius 3 is 2.68 bits per heavy atom. The fourth-order valence-corrected chi connectivity index (χ4v) is 1.95. The molecule has 0 aliphatic carbocycles. The zero-order chi connectivity index (χ0) is 16.1. The Morgan fingerprint density at radius 2 is 2.09 bits per heavy atom. The Balaban J connectivity index is 2.53. The second-order valence-corrected chi connectivity index (χ2v) is 4.36. The van der Waals surface area contributed by atoms with Crippen molar-refractivity contribution in [3.05, 3.63) is 30.0 Å². The van der Waals surface area contributed by atoms with Crippen LogP contribution in [0, 0.1) is 0 Å². The summed E-state index contributed by atoms with van der Waals surface area (Å²) in [6, 6.07) is 5.25. The normalized spacial score (nSPS) is 10.1. The lowest BCUT2D eigenvalue weighted by atomic mass is 10.1. The number of carboxylic acid groups (broad SMARTS) is 1. The van der Waals surface area contributed by atoms with E-state index in [2.05, 4.69) is 15.3 Å². The summed E-state index contributed by atoms with van der Waals surface area (Å²) >= 11 is 0. The average Bonchev–Trinajstić information content (AvgIpc) is 2.54. The Kier molecular flexibility index (Phi) is 4.77. The van der Waals surface area contributed by atoms with E-state index in [1.165, 1.54) is 13.3 Å². The highest BCUT2D eigenvalue weighted by atomic mass is 16.5. The van der Waals surface area contributed by atoms with E-state index < -0.39 is 5.97 Å². The average molecular weight is 303 g/mol. The first-order chi connectivity index (χ1) is 10.6. The van der Waals surface area contributed by atoms with Crippen LogP contribution in [-0.2, 0) is 0 Å². The first-order valence-electron chi connectivity index (χ1n) is 6.67. The van der Waals surface area contributed by atoms with E-state index in [-0.39, 0.29) is 11.4 Å². The zero-order valence-electron chi connectivity index (χ0n) is 12.6. The molecular formula is C15H17N3O4. The van der Waals surface area contributed by atoms with Gasteiger partial charge in [-0.25, -0.2) is 14.8 Å². The number of benzene rings is 1. The number of carbonyl (C=O) groups is 1. The molecule has 0 amide bonds. The molecule has 0 fully saturated rings. The Bertz CT molecular complexity index is 688. The summed E-state index contributed by atoms with van der Waals surface area (Å²) in [6.45, 7) is 2.41. The van der Waals surface area contributed by atoms with Gasteiger partial charge in [-0.1, -0.05) is 0 Å². The smallest absolute Gasteiger partial charge is 0.341 e. The Labute approximate surface area is 127 Å². The summed E-state index contributed by atoms with van der Waals surface area (Å²) in [4.78, 5) is 19.6. The van der Waals surface area contributed by atoms with E-state index in [1.807, 2.05) is 6.92 Å². The first kappa shape index (κ1) is 15.6. The number of nitrogens with one attached hydrogen (secondary N) is 1. The van der Waals surface area contributed by atoms with Crippen LogP contribution in [0.15, 0.2) is 24.4 Å². The Hall–Kier alpha value is -2.83. The van der Waals surface area contributed by atoms with Gasteiger partial charge < -0.3 is 19.9 Å². The predicted molar refractivity (Wildman–Crippen MR) is 81.7 cm³/mol. The second-order valence-electron chi connectivity index (χ2n) is 4.36. The molecule has 0 spiro atoms. The minimum Gasteiger partial charge on any atom is -0.497 e. The molecule has 0 aliphatic heterocycles. The van der Waals surface area contributed by atoms with Crippen LogP contribution in [0.4, 0.5) is 5.82 Å². The maximum absolute atomic E-state index is 11.2. The number of rotatable bonds is 6. The molecule has 0 saturated heterocycles. The minimum atomic E-state index is -1.08. The molecule has 0 radical (unpaired) electrons. The van der Waals surface area contributed by atoms with Crippen molar-refractivity contribution >= 4 is 11.8 Å². The van der Waals surface area contributed by atoms with Crippen LogP contribution in [-0.4, -0.2) is 41.8 Å². The maximum Gasteiger partial charge on any atom is 0.341 e. The molecule has 116 valence electrons. The molecule has 7 nitrogen and oxygen atoms in total. The van der Waals surface area contributed by atoms with Crippen molar-refractivity contribution in [1.29, 1.82) is 0 Å². The first-order valence-corrected chi connectivity index (χ1v) is 6.67. The number of hydrogen-bond acceptors (Lipinski definition) is 6. The summed E-state index contributed by atoms with van der Waals surface area (Å²) in [6.07, 6.45) is 1.28. The van der Waals surface area contributed by atoms with Gasteiger partial charge in [0.25, 0.3) is 0 Å². The lowest BCUT2D eigenvalue weighted by Gasteiger charge is -2.12. The van der Waals surface area contributed by atoms with Crippen molar-refractivity contribution in [2.45, 2.75) is 6.92 Å². The predicted octanol–water partition coefficient (Wildman–Crippen LogP) is 2.29. The number of nitrogens with zero attached hydrogens (tertiary/aromatic N) is 2. The van der Waals surface area contributed by atoms with Crippen LogP contribution in [0.25, 0.3) is 11.4 Å². The van der Waals surface area contributed by atoms with E-state index in [1.54, 1.807) is 25.3 Å². The van der Waals surface area contributed by atoms with Crippen LogP contribution in [0.1, 0.15) is 17.3 Å². The van der Waals surface area contributed by atoms with Crippen molar-refractivity contribution in [1.82, 2.24) is 9.97 Å². The molecule has 0 saturated carbocycles. The van der Waals surface area contributed by atoms with Crippen LogP contribution in [0.5, 0.6) is 11.5 Å². The highest BCUT2D eigenvalue weighted by Crippen LogP contribution is 2.32. The molecule has 2 aromatic rings. The second kappa shape index (κ2) is 6.75. The van der Waals surface area contributed by atoms with Crippen molar-refractivity contribution in [2.75, 3.05) is 26.1 Å². The topological polar surface area (TPSA) is 93.6 Å². The van der Waals surface area contributed by atoms with Crippen LogP contribution < -0.4 is 14.8 Å². The van der Waals surface area contributed by atoms with Gasteiger partial charge in [0, 0.05) is 18.8 Å². The number of aromatic nitrogens is 2. The van der Waals surface area contributed by atoms with Gasteiger partial charge in [-0.15, -0.1) is 0 Å². The molecule has 7 heteroatoms. The summed E-state index contributed by atoms with van der Waals surface area (Å²) < 4.78 is 10.5. The fourth-order valence-electron chi connectivity index (χ4n) is 1.95. The van der Waals surface area contributed by atoms with Crippen molar-refractivity contribution in [2.24, 2.45) is 0 Å². The van der Waals surface area contributed by atoms with E-state index in [9.17, 15) is 4.79 Å². The number of hydrogen-bond donors (Lipinski definition) is 2. The van der Waals surface area contributed by atoms with Gasteiger partial charge in [-0.3, -0.25) is 0 Å². The van der Waals surface area contributed by atoms with Gasteiger partial charge in [-0.05, 0) is 19.1 Å². The van der Waals surface area contributed by atoms with Crippen molar-refractivity contribution in [3.63, 3.8) is 0 Å². The highest BCUT2D eigenvalue weighted by Gasteiger charge is 2.16. The summed E-state index contributed by atoms with van der Waals surface area (Å²) in [5, 5.41) is 12.1. The van der Waals surface area contributed by atoms with E-state index in [0.717, 1.165) is 0 Å². The number of carboxylic acids is 1. The Morgan fingerprint density at radius 1 is 1.32 bits per heavy atom. The van der Waals surface area contributed by atoms with Gasteiger partial charge in [0.05, 0.1) is 19.8 Å². The SMILES string of the molecule is CCNc1nc(-c2ccc(OC)cc2OC)ncc1C(=O)O. The van der Waals surface area contributed by atoms with Crippen molar-refractivity contribution < 1.29 is 19.4 Å². The minimum absolute atomic E-state index is 0.0260. The molecule has 2 rings (SSSR count). The third-order valence-corrected chi connectivity index (χ3v) is 3.01. The highest BCUT2D eigenvalue weighted by molar-refractivity contribution is 5.93. The molecule has 0 bridgehead atoms. The van der Waals surface area contributed by atoms with E-state index >= 15 is 0 Å². The molecule has 0 atom stereocenters. The summed E-state index contributed by atoms with van der Waals surface area (Å²) in [5.74, 6) is 0.766. The van der Waals surface area contributed by atoms with Gasteiger partial charge >= 0.3 is 5.97 Å².